The van der Waals surface area contributed by atoms with Crippen LogP contribution in [0.25, 0.3) is 16.9 Å². The fraction of sp³-hybridized carbons (Fsp3) is 0.387. The van der Waals surface area contributed by atoms with E-state index in [1.54, 1.807) is 30.6 Å². The fourth-order valence-corrected chi connectivity index (χ4v) is 5.36. The van der Waals surface area contributed by atoms with Crippen molar-refractivity contribution in [2.75, 3.05) is 40.0 Å². The van der Waals surface area contributed by atoms with Crippen molar-refractivity contribution in [1.29, 1.82) is 0 Å². The number of halogens is 1. The number of benzene rings is 1. The lowest BCUT2D eigenvalue weighted by Gasteiger charge is -2.25. The van der Waals surface area contributed by atoms with E-state index in [9.17, 15) is 9.18 Å². The van der Waals surface area contributed by atoms with Crippen LogP contribution in [0, 0.1) is 18.8 Å². The molecule has 4 aromatic rings. The van der Waals surface area contributed by atoms with Gasteiger partial charge in [-0.3, -0.25) is 9.63 Å². The Morgan fingerprint density at radius 2 is 1.91 bits per heavy atom. The van der Waals surface area contributed by atoms with Crippen LogP contribution in [0.2, 0.25) is 0 Å². The number of methoxy groups -OCH3 is 1. The maximum absolute atomic E-state index is 14.0. The Morgan fingerprint density at radius 1 is 1.12 bits per heavy atom. The third-order valence-corrected chi connectivity index (χ3v) is 7.63. The largest absolute Gasteiger partial charge is 0.455 e. The highest BCUT2D eigenvalue weighted by Gasteiger charge is 2.37. The zero-order valence-electron chi connectivity index (χ0n) is 24.1. The van der Waals surface area contributed by atoms with Crippen molar-refractivity contribution < 1.29 is 28.2 Å². The molecule has 2 fully saturated rings. The van der Waals surface area contributed by atoms with Gasteiger partial charge in [-0.15, -0.1) is 0 Å². The smallest absolute Gasteiger partial charge is 0.316 e. The summed E-state index contributed by atoms with van der Waals surface area (Å²) in [5.41, 5.74) is 4.53. The summed E-state index contributed by atoms with van der Waals surface area (Å²) in [5.74, 6) is -0.741. The zero-order chi connectivity index (χ0) is 29.8. The van der Waals surface area contributed by atoms with Gasteiger partial charge in [-0.1, -0.05) is 18.2 Å². The summed E-state index contributed by atoms with van der Waals surface area (Å²) in [7, 11) is 1.62. The highest BCUT2D eigenvalue weighted by atomic mass is 19.1. The van der Waals surface area contributed by atoms with Gasteiger partial charge in [-0.25, -0.2) is 19.6 Å². The second-order valence-corrected chi connectivity index (χ2v) is 10.7. The van der Waals surface area contributed by atoms with Gasteiger partial charge in [0.1, 0.15) is 18.0 Å². The molecule has 2 atom stereocenters. The van der Waals surface area contributed by atoms with E-state index in [0.29, 0.717) is 44.2 Å². The standard InChI is InChI=1S/C31H33FN6O5/c1-20-27(14-25(39)12-22-17-37(10-11-40-2)43-30(22)21-8-9-33-28(32)13-21)38(24-6-4-3-5-7-24)36-29(20)23-15-34-31(35-16-23)42-26-18-41-19-26/h3-9,13,15-16,22,26,30H,10-12,14,17-19H2,1-2H3/t22-,30+/m1/s1. The van der Waals surface area contributed by atoms with E-state index in [4.69, 9.17) is 24.1 Å². The van der Waals surface area contributed by atoms with E-state index in [-0.39, 0.29) is 36.7 Å². The van der Waals surface area contributed by atoms with Crippen molar-refractivity contribution in [2.24, 2.45) is 5.92 Å². The van der Waals surface area contributed by atoms with Crippen molar-refractivity contribution in [3.05, 3.63) is 83.8 Å². The molecule has 43 heavy (non-hydrogen) atoms. The predicted octanol–water partition coefficient (Wildman–Crippen LogP) is 3.70. The van der Waals surface area contributed by atoms with Crippen LogP contribution in [0.4, 0.5) is 4.39 Å². The van der Waals surface area contributed by atoms with Gasteiger partial charge in [0.25, 0.3) is 0 Å². The van der Waals surface area contributed by atoms with Crippen molar-refractivity contribution in [1.82, 2.24) is 29.8 Å². The number of rotatable bonds is 12. The summed E-state index contributed by atoms with van der Waals surface area (Å²) < 4.78 is 31.9. The van der Waals surface area contributed by atoms with E-state index < -0.39 is 12.1 Å². The number of Topliss-reactive ketones (excluding diaryl/α,β-unsaturated/α-hetero) is 1. The second kappa shape index (κ2) is 13.0. The van der Waals surface area contributed by atoms with E-state index >= 15 is 0 Å². The van der Waals surface area contributed by atoms with Crippen molar-refractivity contribution in [3.63, 3.8) is 0 Å². The lowest BCUT2D eigenvalue weighted by Crippen LogP contribution is -2.38. The minimum atomic E-state index is -0.586. The van der Waals surface area contributed by atoms with Crippen LogP contribution < -0.4 is 4.74 Å². The number of hydrogen-bond acceptors (Lipinski definition) is 10. The van der Waals surface area contributed by atoms with Crippen LogP contribution in [-0.4, -0.2) is 81.7 Å². The Bertz CT molecular complexity index is 1550. The van der Waals surface area contributed by atoms with Crippen LogP contribution in [0.3, 0.4) is 0 Å². The molecule has 0 spiro atoms. The van der Waals surface area contributed by atoms with Gasteiger partial charge in [0.05, 0.1) is 36.9 Å². The first-order valence-corrected chi connectivity index (χ1v) is 14.2. The van der Waals surface area contributed by atoms with Crippen LogP contribution >= 0.6 is 0 Å². The van der Waals surface area contributed by atoms with Crippen molar-refractivity contribution in [3.8, 4) is 23.0 Å². The SMILES string of the molecule is COCCN1C[C@@H](CC(=O)Cc2c(C)c(-c3cnc(OC4COC4)nc3)nn2-c2ccccc2)[C@H](c2ccnc(F)c2)O1. The van der Waals surface area contributed by atoms with E-state index in [0.717, 1.165) is 22.5 Å². The number of ether oxygens (including phenoxy) is 3. The van der Waals surface area contributed by atoms with Crippen molar-refractivity contribution >= 4 is 5.78 Å². The van der Waals surface area contributed by atoms with Crippen LogP contribution in [0.15, 0.2) is 61.1 Å². The summed E-state index contributed by atoms with van der Waals surface area (Å²) in [6.07, 6.45) is 4.67. The Kier molecular flexibility index (Phi) is 8.79. The third kappa shape index (κ3) is 6.62. The molecule has 0 N–H and O–H groups in total. The molecule has 0 saturated carbocycles. The van der Waals surface area contributed by atoms with Crippen LogP contribution in [0.5, 0.6) is 6.01 Å². The van der Waals surface area contributed by atoms with Gasteiger partial charge in [-0.2, -0.15) is 14.6 Å². The van der Waals surface area contributed by atoms with E-state index in [1.807, 2.05) is 41.9 Å². The van der Waals surface area contributed by atoms with E-state index in [1.165, 1.54) is 12.3 Å². The number of aromatic nitrogens is 5. The zero-order valence-corrected chi connectivity index (χ0v) is 24.1. The van der Waals surface area contributed by atoms with E-state index in [2.05, 4.69) is 15.0 Å². The first-order chi connectivity index (χ1) is 21.0. The maximum atomic E-state index is 14.0. The summed E-state index contributed by atoms with van der Waals surface area (Å²) in [5, 5.41) is 6.68. The third-order valence-electron chi connectivity index (χ3n) is 7.63. The Balaban J connectivity index is 1.25. The quantitative estimate of drug-likeness (QED) is 0.227. The first-order valence-electron chi connectivity index (χ1n) is 14.2. The molecular weight excluding hydrogens is 555 g/mol. The molecule has 0 bridgehead atoms. The molecule has 224 valence electrons. The monoisotopic (exact) mass is 588 g/mol. The fourth-order valence-electron chi connectivity index (χ4n) is 5.36. The van der Waals surface area contributed by atoms with Gasteiger partial charge in [0, 0.05) is 63.1 Å². The summed E-state index contributed by atoms with van der Waals surface area (Å²) in [6.45, 7) is 4.54. The first kappa shape index (κ1) is 29.0. The number of pyridine rings is 1. The highest BCUT2D eigenvalue weighted by molar-refractivity contribution is 5.82. The Morgan fingerprint density at radius 3 is 2.60 bits per heavy atom. The number of carbonyl (C=O) groups excluding carboxylic acids is 1. The average Bonchev–Trinajstić information content (AvgIpc) is 3.55. The molecule has 0 aliphatic carbocycles. The van der Waals surface area contributed by atoms with Gasteiger partial charge in [-0.05, 0) is 42.3 Å². The molecule has 12 heteroatoms. The number of hydrogen-bond donors (Lipinski definition) is 0. The number of hydroxylamine groups is 2. The minimum absolute atomic E-state index is 0.0242. The molecule has 0 radical (unpaired) electrons. The summed E-state index contributed by atoms with van der Waals surface area (Å²) in [4.78, 5) is 32.3. The molecule has 6 rings (SSSR count). The molecule has 0 amide bonds. The Hall–Kier alpha value is -4.10. The lowest BCUT2D eigenvalue weighted by molar-refractivity contribution is -0.155. The maximum Gasteiger partial charge on any atom is 0.316 e. The highest BCUT2D eigenvalue weighted by Crippen LogP contribution is 2.37. The Labute approximate surface area is 248 Å². The summed E-state index contributed by atoms with van der Waals surface area (Å²) >= 11 is 0. The van der Waals surface area contributed by atoms with Crippen LogP contribution in [-0.2, 0) is 25.5 Å². The molecule has 2 aliphatic rings. The number of ketones is 1. The average molecular weight is 589 g/mol. The normalized spacial score (nSPS) is 19.0. The second-order valence-electron chi connectivity index (χ2n) is 10.7. The molecule has 2 saturated heterocycles. The number of nitrogens with zero attached hydrogens (tertiary/aromatic N) is 6. The molecule has 0 unspecified atom stereocenters. The molecule has 1 aromatic carbocycles. The number of para-hydroxylation sites is 1. The van der Waals surface area contributed by atoms with Gasteiger partial charge in [0.15, 0.2) is 0 Å². The predicted molar refractivity (Wildman–Crippen MR) is 153 cm³/mol. The summed E-state index contributed by atoms with van der Waals surface area (Å²) in [6, 6.07) is 13.1. The number of carbonyl (C=O) groups is 1. The lowest BCUT2D eigenvalue weighted by atomic mass is 9.91. The molecule has 11 nitrogen and oxygen atoms in total. The van der Waals surface area contributed by atoms with Crippen molar-refractivity contribution in [2.45, 2.75) is 32.0 Å². The van der Waals surface area contributed by atoms with Gasteiger partial charge in [0.2, 0.25) is 5.95 Å². The molecule has 3 aromatic heterocycles. The van der Waals surface area contributed by atoms with Gasteiger partial charge >= 0.3 is 6.01 Å². The minimum Gasteiger partial charge on any atom is -0.455 e. The molecular formula is C31H33FN6O5. The molecule has 5 heterocycles. The van der Waals surface area contributed by atoms with Gasteiger partial charge < -0.3 is 14.2 Å². The van der Waals surface area contributed by atoms with Crippen LogP contribution in [0.1, 0.15) is 29.3 Å². The molecule has 2 aliphatic heterocycles. The topological polar surface area (TPSA) is 114 Å².